The van der Waals surface area contributed by atoms with Crippen molar-refractivity contribution >= 4 is 43.2 Å². The van der Waals surface area contributed by atoms with Crippen LogP contribution >= 0.6 is 15.9 Å². The van der Waals surface area contributed by atoms with Gasteiger partial charge in [0.25, 0.3) is 10.0 Å². The van der Waals surface area contributed by atoms with E-state index in [9.17, 15) is 13.2 Å². The lowest BCUT2D eigenvalue weighted by Gasteiger charge is -2.21. The molecule has 1 N–H and O–H groups in total. The summed E-state index contributed by atoms with van der Waals surface area (Å²) in [5, 5.41) is 0. The van der Waals surface area contributed by atoms with Crippen molar-refractivity contribution in [2.45, 2.75) is 51.0 Å². The number of hydrogen-bond acceptors (Lipinski definition) is 3. The molecule has 1 heterocycles. The second-order valence-corrected chi connectivity index (χ2v) is 9.74. The lowest BCUT2D eigenvalue weighted by atomic mass is 10.0. The van der Waals surface area contributed by atoms with Crippen molar-refractivity contribution in [1.82, 2.24) is 0 Å². The van der Waals surface area contributed by atoms with E-state index >= 15 is 0 Å². The Hall–Kier alpha value is -1.86. The summed E-state index contributed by atoms with van der Waals surface area (Å²) < 4.78 is 29.0. The van der Waals surface area contributed by atoms with Crippen molar-refractivity contribution in [2.75, 3.05) is 9.62 Å². The van der Waals surface area contributed by atoms with E-state index in [2.05, 4.69) is 34.5 Å². The minimum Gasteiger partial charge on any atom is -0.309 e. The number of nitrogens with one attached hydrogen (secondary N) is 1. The van der Waals surface area contributed by atoms with Gasteiger partial charge < -0.3 is 4.90 Å². The van der Waals surface area contributed by atoms with Gasteiger partial charge in [0.1, 0.15) is 4.90 Å². The Labute approximate surface area is 169 Å². The van der Waals surface area contributed by atoms with Crippen LogP contribution in [0.2, 0.25) is 0 Å². The molecule has 2 aromatic carbocycles. The summed E-state index contributed by atoms with van der Waals surface area (Å²) in [6, 6.07) is 10.7. The van der Waals surface area contributed by atoms with E-state index in [1.165, 1.54) is 6.92 Å². The van der Waals surface area contributed by atoms with Gasteiger partial charge in [-0.1, -0.05) is 26.0 Å². The van der Waals surface area contributed by atoms with Gasteiger partial charge in [0, 0.05) is 28.8 Å². The summed E-state index contributed by atoms with van der Waals surface area (Å²) in [4.78, 5) is 13.8. The Morgan fingerprint density at radius 3 is 2.41 bits per heavy atom. The number of carbonyl (C=O) groups excluding carboxylic acids is 1. The third kappa shape index (κ3) is 3.89. The molecule has 0 saturated heterocycles. The zero-order chi connectivity index (χ0) is 19.9. The zero-order valence-corrected chi connectivity index (χ0v) is 18.2. The molecule has 144 valence electrons. The number of benzene rings is 2. The SMILES string of the molecule is CC(=O)N1c2cc(S(=O)(=O)Nc3ccc(C(C)C)cc3)c(Br)cc2C[C@@H]1C. The minimum absolute atomic E-state index is 0.0129. The summed E-state index contributed by atoms with van der Waals surface area (Å²) in [6.45, 7) is 7.62. The number of halogens is 1. The largest absolute Gasteiger partial charge is 0.309 e. The fraction of sp³-hybridized carbons (Fsp3) is 0.350. The lowest BCUT2D eigenvalue weighted by molar-refractivity contribution is -0.116. The van der Waals surface area contributed by atoms with Gasteiger partial charge >= 0.3 is 0 Å². The number of sulfonamides is 1. The minimum atomic E-state index is -3.80. The van der Waals surface area contributed by atoms with E-state index in [0.717, 1.165) is 11.1 Å². The molecule has 5 nitrogen and oxygen atoms in total. The molecule has 0 radical (unpaired) electrons. The molecule has 0 bridgehead atoms. The van der Waals surface area contributed by atoms with Crippen LogP contribution in [0.25, 0.3) is 0 Å². The van der Waals surface area contributed by atoms with Crippen molar-refractivity contribution in [1.29, 1.82) is 0 Å². The van der Waals surface area contributed by atoms with Crippen LogP contribution in [0, 0.1) is 0 Å². The molecule has 1 atom stereocenters. The first-order valence-electron chi connectivity index (χ1n) is 8.85. The predicted molar refractivity (Wildman–Crippen MR) is 112 cm³/mol. The maximum atomic E-state index is 13.0. The lowest BCUT2D eigenvalue weighted by Crippen LogP contribution is -2.33. The summed E-state index contributed by atoms with van der Waals surface area (Å²) in [7, 11) is -3.80. The number of rotatable bonds is 4. The Morgan fingerprint density at radius 1 is 1.22 bits per heavy atom. The molecule has 0 aliphatic carbocycles. The highest BCUT2D eigenvalue weighted by atomic mass is 79.9. The van der Waals surface area contributed by atoms with Crippen LogP contribution in [0.3, 0.4) is 0 Å². The number of anilines is 2. The first kappa shape index (κ1) is 19.9. The topological polar surface area (TPSA) is 66.5 Å². The Kier molecular flexibility index (Phi) is 5.36. The summed E-state index contributed by atoms with van der Waals surface area (Å²) in [6.07, 6.45) is 0.706. The molecule has 0 saturated carbocycles. The third-order valence-electron chi connectivity index (χ3n) is 4.81. The van der Waals surface area contributed by atoms with E-state index < -0.39 is 10.0 Å². The van der Waals surface area contributed by atoms with Gasteiger partial charge in [-0.3, -0.25) is 9.52 Å². The molecular weight excluding hydrogens is 428 g/mol. The average Bonchev–Trinajstić information content (AvgIpc) is 2.88. The van der Waals surface area contributed by atoms with Gasteiger partial charge in [-0.25, -0.2) is 8.42 Å². The highest BCUT2D eigenvalue weighted by molar-refractivity contribution is 9.10. The number of amides is 1. The Morgan fingerprint density at radius 2 is 1.85 bits per heavy atom. The second kappa shape index (κ2) is 7.28. The Bertz CT molecular complexity index is 985. The van der Waals surface area contributed by atoms with Crippen molar-refractivity contribution in [3.63, 3.8) is 0 Å². The first-order valence-corrected chi connectivity index (χ1v) is 11.1. The van der Waals surface area contributed by atoms with Gasteiger partial charge in [0.15, 0.2) is 0 Å². The highest BCUT2D eigenvalue weighted by Gasteiger charge is 2.32. The molecule has 0 aromatic heterocycles. The van der Waals surface area contributed by atoms with Crippen molar-refractivity contribution in [3.8, 4) is 0 Å². The van der Waals surface area contributed by atoms with Crippen LogP contribution in [0.4, 0.5) is 11.4 Å². The smallest absolute Gasteiger partial charge is 0.263 e. The van der Waals surface area contributed by atoms with Crippen LogP contribution in [0.5, 0.6) is 0 Å². The predicted octanol–water partition coefficient (Wildman–Crippen LogP) is 4.67. The maximum absolute atomic E-state index is 13.0. The number of nitrogens with zero attached hydrogens (tertiary/aromatic N) is 1. The standard InChI is InChI=1S/C20H23BrN2O3S/c1-12(2)15-5-7-17(8-6-15)22-27(25,26)20-11-19-16(10-18(20)21)9-13(3)23(19)14(4)24/h5-8,10-13,22H,9H2,1-4H3/t13-/m0/s1. The fourth-order valence-corrected chi connectivity index (χ4v) is 5.62. The van der Waals surface area contributed by atoms with Gasteiger partial charge in [-0.15, -0.1) is 0 Å². The number of hydrogen-bond donors (Lipinski definition) is 1. The zero-order valence-electron chi connectivity index (χ0n) is 15.8. The fourth-order valence-electron chi connectivity index (χ4n) is 3.45. The summed E-state index contributed by atoms with van der Waals surface area (Å²) >= 11 is 3.38. The third-order valence-corrected chi connectivity index (χ3v) is 7.15. The maximum Gasteiger partial charge on any atom is 0.263 e. The second-order valence-electron chi connectivity index (χ2n) is 7.24. The van der Waals surface area contributed by atoms with E-state index in [4.69, 9.17) is 0 Å². The van der Waals surface area contributed by atoms with E-state index in [0.29, 0.717) is 28.2 Å². The van der Waals surface area contributed by atoms with Crippen molar-refractivity contribution in [2.24, 2.45) is 0 Å². The molecule has 27 heavy (non-hydrogen) atoms. The molecule has 7 heteroatoms. The molecule has 2 aromatic rings. The number of carbonyl (C=O) groups is 1. The normalized spacial score (nSPS) is 16.5. The van der Waals surface area contributed by atoms with E-state index in [-0.39, 0.29) is 16.8 Å². The summed E-state index contributed by atoms with van der Waals surface area (Å²) in [5.41, 5.74) is 3.27. The van der Waals surface area contributed by atoms with Gasteiger partial charge in [-0.2, -0.15) is 0 Å². The van der Waals surface area contributed by atoms with Gasteiger partial charge in [0.2, 0.25) is 5.91 Å². The van der Waals surface area contributed by atoms with Gasteiger partial charge in [-0.05, 0) is 70.6 Å². The van der Waals surface area contributed by atoms with Crippen LogP contribution in [0.15, 0.2) is 45.8 Å². The van der Waals surface area contributed by atoms with Crippen LogP contribution in [-0.2, 0) is 21.2 Å². The Balaban J connectivity index is 1.97. The molecule has 1 aliphatic rings. The number of fused-ring (bicyclic) bond motifs is 1. The highest BCUT2D eigenvalue weighted by Crippen LogP contribution is 2.38. The monoisotopic (exact) mass is 450 g/mol. The average molecular weight is 451 g/mol. The van der Waals surface area contributed by atoms with Crippen molar-refractivity contribution < 1.29 is 13.2 Å². The van der Waals surface area contributed by atoms with Crippen LogP contribution in [0.1, 0.15) is 44.7 Å². The molecule has 1 amide bonds. The molecule has 1 aliphatic heterocycles. The molecule has 0 unspecified atom stereocenters. The van der Waals surface area contributed by atoms with Crippen molar-refractivity contribution in [3.05, 3.63) is 52.0 Å². The molecular formula is C20H23BrN2O3S. The van der Waals surface area contributed by atoms with E-state index in [1.807, 2.05) is 19.1 Å². The van der Waals surface area contributed by atoms with Crippen LogP contribution < -0.4 is 9.62 Å². The first-order chi connectivity index (χ1) is 12.6. The molecule has 0 fully saturated rings. The van der Waals surface area contributed by atoms with Crippen LogP contribution in [-0.4, -0.2) is 20.4 Å². The van der Waals surface area contributed by atoms with E-state index in [1.54, 1.807) is 29.2 Å². The van der Waals surface area contributed by atoms with Gasteiger partial charge in [0.05, 0.1) is 0 Å². The quantitative estimate of drug-likeness (QED) is 0.735. The summed E-state index contributed by atoms with van der Waals surface area (Å²) in [5.74, 6) is 0.283. The molecule has 3 rings (SSSR count). The molecule has 0 spiro atoms.